The van der Waals surface area contributed by atoms with E-state index in [4.69, 9.17) is 4.42 Å². The predicted molar refractivity (Wildman–Crippen MR) is 103 cm³/mol. The summed E-state index contributed by atoms with van der Waals surface area (Å²) in [7, 11) is 0. The normalized spacial score (nSPS) is 16.8. The summed E-state index contributed by atoms with van der Waals surface area (Å²) in [6.07, 6.45) is 7.31. The summed E-state index contributed by atoms with van der Waals surface area (Å²) in [4.78, 5) is 0. The number of halogens is 1. The Balaban J connectivity index is 1.63. The predicted octanol–water partition coefficient (Wildman–Crippen LogP) is 5.28. The van der Waals surface area contributed by atoms with Crippen LogP contribution < -0.4 is 5.32 Å². The van der Waals surface area contributed by atoms with Gasteiger partial charge in [0, 0.05) is 11.6 Å². The number of hydrogen-bond donors (Lipinski definition) is 1. The van der Waals surface area contributed by atoms with Gasteiger partial charge >= 0.3 is 0 Å². The molecule has 1 unspecified atom stereocenters. The van der Waals surface area contributed by atoms with Crippen molar-refractivity contribution in [3.05, 3.63) is 71.9 Å². The molecule has 4 rings (SSSR count). The van der Waals surface area contributed by atoms with Gasteiger partial charge in [0.05, 0.1) is 0 Å². The second-order valence-corrected chi connectivity index (χ2v) is 7.15. The lowest BCUT2D eigenvalue weighted by molar-refractivity contribution is 0.374. The summed E-state index contributed by atoms with van der Waals surface area (Å²) in [6.45, 7) is 0. The van der Waals surface area contributed by atoms with E-state index >= 15 is 0 Å². The van der Waals surface area contributed by atoms with Crippen molar-refractivity contribution in [2.45, 2.75) is 50.6 Å². The second kappa shape index (κ2) is 8.44. The number of hydrogen-bond acceptors (Lipinski definition) is 4. The summed E-state index contributed by atoms with van der Waals surface area (Å²) in [5.74, 6) is 0.771. The van der Waals surface area contributed by atoms with Crippen LogP contribution >= 0.6 is 0 Å². The molecule has 4 nitrogen and oxygen atoms in total. The van der Waals surface area contributed by atoms with Crippen molar-refractivity contribution >= 4 is 0 Å². The van der Waals surface area contributed by atoms with Crippen LogP contribution in [-0.2, 0) is 0 Å². The van der Waals surface area contributed by atoms with Gasteiger partial charge in [-0.25, -0.2) is 4.39 Å². The minimum absolute atomic E-state index is 0.237. The van der Waals surface area contributed by atoms with Gasteiger partial charge in [-0.3, -0.25) is 5.32 Å². The van der Waals surface area contributed by atoms with Gasteiger partial charge in [-0.15, -0.1) is 10.2 Å². The van der Waals surface area contributed by atoms with Crippen LogP contribution in [0, 0.1) is 5.82 Å². The molecule has 0 spiro atoms. The molecule has 0 amide bonds. The number of nitrogens with zero attached hydrogens (tertiary/aromatic N) is 2. The molecule has 1 saturated carbocycles. The fourth-order valence-corrected chi connectivity index (χ4v) is 3.70. The van der Waals surface area contributed by atoms with E-state index < -0.39 is 0 Å². The van der Waals surface area contributed by atoms with Crippen molar-refractivity contribution in [3.63, 3.8) is 0 Å². The molecule has 0 radical (unpaired) electrons. The minimum Gasteiger partial charge on any atom is -0.419 e. The topological polar surface area (TPSA) is 51.0 Å². The average Bonchev–Trinajstić information content (AvgIpc) is 3.05. The molecule has 1 aliphatic carbocycles. The summed E-state index contributed by atoms with van der Waals surface area (Å²) >= 11 is 0. The lowest BCUT2D eigenvalue weighted by Gasteiger charge is -2.23. The Morgan fingerprint density at radius 1 is 0.889 bits per heavy atom. The van der Waals surface area contributed by atoms with Gasteiger partial charge < -0.3 is 4.42 Å². The third-order valence-corrected chi connectivity index (χ3v) is 5.17. The van der Waals surface area contributed by atoms with E-state index in [1.807, 2.05) is 30.3 Å². The summed E-state index contributed by atoms with van der Waals surface area (Å²) in [6, 6.07) is 16.4. The highest BCUT2D eigenvalue weighted by atomic mass is 19.1. The van der Waals surface area contributed by atoms with Crippen molar-refractivity contribution in [3.8, 4) is 11.5 Å². The molecule has 1 atom stereocenters. The molecule has 1 heterocycles. The second-order valence-electron chi connectivity index (χ2n) is 7.15. The summed E-state index contributed by atoms with van der Waals surface area (Å²) < 4.78 is 19.4. The van der Waals surface area contributed by atoms with Gasteiger partial charge in [-0.05, 0) is 42.7 Å². The quantitative estimate of drug-likeness (QED) is 0.625. The highest BCUT2D eigenvalue weighted by Crippen LogP contribution is 2.28. The highest BCUT2D eigenvalue weighted by Gasteiger charge is 2.25. The minimum atomic E-state index is -0.248. The number of nitrogens with one attached hydrogen (secondary N) is 1. The lowest BCUT2D eigenvalue weighted by Crippen LogP contribution is -2.33. The van der Waals surface area contributed by atoms with Crippen molar-refractivity contribution in [2.24, 2.45) is 0 Å². The van der Waals surface area contributed by atoms with Crippen LogP contribution in [0.1, 0.15) is 56.0 Å². The Morgan fingerprint density at radius 2 is 1.59 bits per heavy atom. The van der Waals surface area contributed by atoms with Gasteiger partial charge in [-0.2, -0.15) is 0 Å². The molecule has 0 aliphatic heterocycles. The first-order chi connectivity index (χ1) is 13.3. The van der Waals surface area contributed by atoms with E-state index in [0.29, 0.717) is 17.8 Å². The zero-order chi connectivity index (χ0) is 18.5. The Kier molecular flexibility index (Phi) is 5.58. The maximum Gasteiger partial charge on any atom is 0.247 e. The molecule has 140 valence electrons. The molecule has 27 heavy (non-hydrogen) atoms. The van der Waals surface area contributed by atoms with E-state index in [-0.39, 0.29) is 11.9 Å². The van der Waals surface area contributed by atoms with Gasteiger partial charge in [-0.1, -0.05) is 56.0 Å². The van der Waals surface area contributed by atoms with E-state index in [1.165, 1.54) is 37.8 Å². The first kappa shape index (κ1) is 17.9. The fraction of sp³-hybridized carbons (Fsp3) is 0.364. The third-order valence-electron chi connectivity index (χ3n) is 5.17. The third kappa shape index (κ3) is 4.42. The van der Waals surface area contributed by atoms with Gasteiger partial charge in [0.15, 0.2) is 0 Å². The molecule has 1 fully saturated rings. The smallest absolute Gasteiger partial charge is 0.247 e. The molecule has 0 saturated heterocycles. The molecule has 2 aromatic carbocycles. The lowest BCUT2D eigenvalue weighted by atomic mass is 10.0. The van der Waals surface area contributed by atoms with Crippen LogP contribution in [-0.4, -0.2) is 16.2 Å². The summed E-state index contributed by atoms with van der Waals surface area (Å²) in [5, 5.41) is 12.2. The van der Waals surface area contributed by atoms with Gasteiger partial charge in [0.2, 0.25) is 11.8 Å². The molecule has 3 aromatic rings. The number of rotatable bonds is 5. The van der Waals surface area contributed by atoms with Crippen LogP contribution in [0.15, 0.2) is 59.0 Å². The van der Waals surface area contributed by atoms with Gasteiger partial charge in [0.1, 0.15) is 11.9 Å². The molecule has 1 N–H and O–H groups in total. The number of aromatic nitrogens is 2. The van der Waals surface area contributed by atoms with Crippen molar-refractivity contribution in [1.82, 2.24) is 15.5 Å². The molecular formula is C22H24FN3O. The van der Waals surface area contributed by atoms with E-state index in [2.05, 4.69) is 15.5 Å². The zero-order valence-corrected chi connectivity index (χ0v) is 15.3. The van der Waals surface area contributed by atoms with Crippen molar-refractivity contribution in [1.29, 1.82) is 0 Å². The van der Waals surface area contributed by atoms with Crippen LogP contribution in [0.4, 0.5) is 4.39 Å². The largest absolute Gasteiger partial charge is 0.419 e. The van der Waals surface area contributed by atoms with Crippen molar-refractivity contribution in [2.75, 3.05) is 0 Å². The van der Waals surface area contributed by atoms with Crippen LogP contribution in [0.25, 0.3) is 11.5 Å². The van der Waals surface area contributed by atoms with E-state index in [0.717, 1.165) is 24.0 Å². The average molecular weight is 365 g/mol. The van der Waals surface area contributed by atoms with Crippen LogP contribution in [0.2, 0.25) is 0 Å². The molecular weight excluding hydrogens is 341 g/mol. The Labute approximate surface area is 158 Å². The SMILES string of the molecule is Fc1ccc(C(NC2CCCCCC2)c2nnc(-c3ccccc3)o2)cc1. The van der Waals surface area contributed by atoms with E-state index in [9.17, 15) is 4.39 Å². The Bertz CT molecular complexity index is 840. The van der Waals surface area contributed by atoms with E-state index in [1.54, 1.807) is 12.1 Å². The first-order valence-electron chi connectivity index (χ1n) is 9.70. The highest BCUT2D eigenvalue weighted by molar-refractivity contribution is 5.51. The van der Waals surface area contributed by atoms with Crippen LogP contribution in [0.5, 0.6) is 0 Å². The monoisotopic (exact) mass is 365 g/mol. The maximum absolute atomic E-state index is 13.4. The van der Waals surface area contributed by atoms with Crippen molar-refractivity contribution < 1.29 is 8.81 Å². The standard InChI is InChI=1S/C22H24FN3O/c23-18-14-12-16(13-15-18)20(24-19-10-6-1-2-7-11-19)22-26-25-21(27-22)17-8-4-3-5-9-17/h3-5,8-9,12-15,19-20,24H,1-2,6-7,10-11H2. The number of benzene rings is 2. The fourth-order valence-electron chi connectivity index (χ4n) is 3.70. The molecule has 1 aliphatic rings. The maximum atomic E-state index is 13.4. The Morgan fingerprint density at radius 3 is 2.30 bits per heavy atom. The Hall–Kier alpha value is -2.53. The summed E-state index contributed by atoms with van der Waals surface area (Å²) in [5.41, 5.74) is 1.83. The first-order valence-corrected chi connectivity index (χ1v) is 9.70. The molecule has 1 aromatic heterocycles. The molecule has 0 bridgehead atoms. The molecule has 5 heteroatoms. The zero-order valence-electron chi connectivity index (χ0n) is 15.3. The van der Waals surface area contributed by atoms with Crippen LogP contribution in [0.3, 0.4) is 0 Å². The van der Waals surface area contributed by atoms with Gasteiger partial charge in [0.25, 0.3) is 0 Å².